The van der Waals surface area contributed by atoms with Crippen LogP contribution in [-0.4, -0.2) is 34.9 Å². The summed E-state index contributed by atoms with van der Waals surface area (Å²) in [4.78, 5) is 30.7. The number of carbonyl (C=O) groups excluding carboxylic acids is 2. The third-order valence-electron chi connectivity index (χ3n) is 3.52. The van der Waals surface area contributed by atoms with Gasteiger partial charge in [0.2, 0.25) is 5.91 Å². The van der Waals surface area contributed by atoms with E-state index in [-0.39, 0.29) is 11.7 Å². The fourth-order valence-corrected chi connectivity index (χ4v) is 2.25. The van der Waals surface area contributed by atoms with E-state index in [2.05, 4.69) is 20.6 Å². The van der Waals surface area contributed by atoms with Crippen LogP contribution in [0.4, 0.5) is 0 Å². The van der Waals surface area contributed by atoms with Gasteiger partial charge in [-0.15, -0.1) is 0 Å². The van der Waals surface area contributed by atoms with E-state index >= 15 is 0 Å². The summed E-state index contributed by atoms with van der Waals surface area (Å²) < 4.78 is 5.59. The Hall–Kier alpha value is -3.09. The Morgan fingerprint density at radius 1 is 1.26 bits per heavy atom. The van der Waals surface area contributed by atoms with Gasteiger partial charge in [0.05, 0.1) is 17.4 Å². The highest BCUT2D eigenvalue weighted by Crippen LogP contribution is 2.25. The van der Waals surface area contributed by atoms with Crippen molar-refractivity contribution in [2.24, 2.45) is 0 Å². The molecule has 3 N–H and O–H groups in total. The lowest BCUT2D eigenvalue weighted by Crippen LogP contribution is -2.43. The molecule has 2 heterocycles. The third kappa shape index (κ3) is 2.94. The Kier molecular flexibility index (Phi) is 3.84. The summed E-state index contributed by atoms with van der Waals surface area (Å²) in [5.41, 5.74) is 2.58. The van der Waals surface area contributed by atoms with Crippen molar-refractivity contribution in [3.63, 3.8) is 0 Å². The van der Waals surface area contributed by atoms with Gasteiger partial charge in [-0.2, -0.15) is 0 Å². The van der Waals surface area contributed by atoms with Crippen molar-refractivity contribution in [1.29, 1.82) is 0 Å². The van der Waals surface area contributed by atoms with Crippen LogP contribution in [0.25, 0.3) is 22.4 Å². The number of H-pyrrole nitrogens is 1. The van der Waals surface area contributed by atoms with E-state index in [1.165, 1.54) is 7.05 Å². The number of benzene rings is 1. The molecule has 2 aromatic heterocycles. The predicted octanol–water partition coefficient (Wildman–Crippen LogP) is 1.69. The second-order valence-electron chi connectivity index (χ2n) is 5.11. The van der Waals surface area contributed by atoms with Crippen LogP contribution in [0.5, 0.6) is 0 Å². The van der Waals surface area contributed by atoms with E-state index in [4.69, 9.17) is 4.42 Å². The van der Waals surface area contributed by atoms with Crippen molar-refractivity contribution < 1.29 is 14.0 Å². The molecule has 118 valence electrons. The van der Waals surface area contributed by atoms with Crippen LogP contribution in [-0.2, 0) is 4.79 Å². The van der Waals surface area contributed by atoms with E-state index < -0.39 is 11.9 Å². The fraction of sp³-hybridized carbons (Fsp3) is 0.188. The number of fused-ring (bicyclic) bond motifs is 1. The van der Waals surface area contributed by atoms with Gasteiger partial charge in [0.15, 0.2) is 5.76 Å². The van der Waals surface area contributed by atoms with E-state index in [9.17, 15) is 9.59 Å². The molecule has 1 unspecified atom stereocenters. The van der Waals surface area contributed by atoms with Gasteiger partial charge in [-0.05, 0) is 37.3 Å². The first-order valence-electron chi connectivity index (χ1n) is 7.14. The molecule has 7 nitrogen and oxygen atoms in total. The quantitative estimate of drug-likeness (QED) is 0.682. The summed E-state index contributed by atoms with van der Waals surface area (Å²) >= 11 is 0. The number of aromatic amines is 1. The number of rotatable bonds is 4. The van der Waals surface area contributed by atoms with Crippen LogP contribution in [0.2, 0.25) is 0 Å². The molecule has 0 bridgehead atoms. The van der Waals surface area contributed by atoms with Crippen LogP contribution in [0.3, 0.4) is 0 Å². The molecule has 3 aromatic rings. The van der Waals surface area contributed by atoms with Gasteiger partial charge >= 0.3 is 0 Å². The van der Waals surface area contributed by atoms with Crippen LogP contribution in [0, 0.1) is 0 Å². The first-order chi connectivity index (χ1) is 11.1. The Morgan fingerprint density at radius 3 is 2.87 bits per heavy atom. The van der Waals surface area contributed by atoms with Crippen molar-refractivity contribution in [1.82, 2.24) is 20.6 Å². The number of aromatic nitrogens is 2. The maximum atomic E-state index is 12.1. The molecule has 2 amide bonds. The topological polar surface area (TPSA) is 100 Å². The van der Waals surface area contributed by atoms with Gasteiger partial charge in [0.1, 0.15) is 11.8 Å². The SMILES string of the molecule is CNC(=O)C(C)NC(=O)c1ccc(-c2ccc3nc[nH]c3c2)o1. The largest absolute Gasteiger partial charge is 0.451 e. The van der Waals surface area contributed by atoms with Crippen molar-refractivity contribution in [2.45, 2.75) is 13.0 Å². The number of nitrogens with one attached hydrogen (secondary N) is 3. The second kappa shape index (κ2) is 5.96. The highest BCUT2D eigenvalue weighted by Gasteiger charge is 2.18. The molecule has 3 rings (SSSR count). The number of imidazole rings is 1. The average molecular weight is 312 g/mol. The smallest absolute Gasteiger partial charge is 0.287 e. The van der Waals surface area contributed by atoms with Gasteiger partial charge in [0, 0.05) is 12.6 Å². The van der Waals surface area contributed by atoms with E-state index in [1.807, 2.05) is 18.2 Å². The lowest BCUT2D eigenvalue weighted by atomic mass is 10.1. The second-order valence-corrected chi connectivity index (χ2v) is 5.11. The first-order valence-corrected chi connectivity index (χ1v) is 7.14. The fourth-order valence-electron chi connectivity index (χ4n) is 2.25. The number of hydrogen-bond acceptors (Lipinski definition) is 4. The zero-order valence-corrected chi connectivity index (χ0v) is 12.7. The molecule has 23 heavy (non-hydrogen) atoms. The molecule has 0 aliphatic heterocycles. The summed E-state index contributed by atoms with van der Waals surface area (Å²) in [6, 6.07) is 8.31. The molecular formula is C16H16N4O3. The van der Waals surface area contributed by atoms with Crippen LogP contribution < -0.4 is 10.6 Å². The number of nitrogens with zero attached hydrogens (tertiary/aromatic N) is 1. The highest BCUT2D eigenvalue weighted by atomic mass is 16.3. The molecule has 0 aliphatic rings. The predicted molar refractivity (Wildman–Crippen MR) is 84.8 cm³/mol. The molecule has 1 atom stereocenters. The summed E-state index contributed by atoms with van der Waals surface area (Å²) in [6.07, 6.45) is 1.62. The summed E-state index contributed by atoms with van der Waals surface area (Å²) in [5, 5.41) is 5.05. The Morgan fingerprint density at radius 2 is 2.09 bits per heavy atom. The zero-order chi connectivity index (χ0) is 16.4. The molecule has 0 spiro atoms. The van der Waals surface area contributed by atoms with Gasteiger partial charge in [-0.3, -0.25) is 9.59 Å². The monoisotopic (exact) mass is 312 g/mol. The lowest BCUT2D eigenvalue weighted by molar-refractivity contribution is -0.122. The van der Waals surface area contributed by atoms with E-state index in [0.29, 0.717) is 5.76 Å². The average Bonchev–Trinajstić information content (AvgIpc) is 3.21. The number of furan rings is 1. The van der Waals surface area contributed by atoms with Gasteiger partial charge in [-0.1, -0.05) is 0 Å². The van der Waals surface area contributed by atoms with Gasteiger partial charge < -0.3 is 20.0 Å². The number of hydrogen-bond donors (Lipinski definition) is 3. The van der Waals surface area contributed by atoms with Crippen LogP contribution >= 0.6 is 0 Å². The maximum absolute atomic E-state index is 12.1. The highest BCUT2D eigenvalue weighted by molar-refractivity contribution is 5.95. The van der Waals surface area contributed by atoms with Crippen molar-refractivity contribution in [3.05, 3.63) is 42.4 Å². The Balaban J connectivity index is 1.79. The molecule has 0 saturated heterocycles. The summed E-state index contributed by atoms with van der Waals surface area (Å²) in [5.74, 6) is 0.0181. The molecule has 0 aliphatic carbocycles. The van der Waals surface area contributed by atoms with Crippen LogP contribution in [0.15, 0.2) is 41.1 Å². The molecule has 0 saturated carbocycles. The molecule has 1 aromatic carbocycles. The molecule has 0 radical (unpaired) electrons. The summed E-state index contributed by atoms with van der Waals surface area (Å²) in [7, 11) is 1.52. The van der Waals surface area contributed by atoms with E-state index in [1.54, 1.807) is 25.4 Å². The summed E-state index contributed by atoms with van der Waals surface area (Å²) in [6.45, 7) is 1.60. The number of carbonyl (C=O) groups is 2. The van der Waals surface area contributed by atoms with Crippen molar-refractivity contribution in [3.8, 4) is 11.3 Å². The minimum Gasteiger partial charge on any atom is -0.451 e. The van der Waals surface area contributed by atoms with Gasteiger partial charge in [0.25, 0.3) is 5.91 Å². The lowest BCUT2D eigenvalue weighted by Gasteiger charge is -2.10. The first kappa shape index (κ1) is 14.8. The Bertz CT molecular complexity index is 865. The van der Waals surface area contributed by atoms with Gasteiger partial charge in [-0.25, -0.2) is 4.98 Å². The number of likely N-dealkylation sites (N-methyl/N-ethyl adjacent to an activating group) is 1. The van der Waals surface area contributed by atoms with E-state index in [0.717, 1.165) is 16.6 Å². The zero-order valence-electron chi connectivity index (χ0n) is 12.7. The minimum atomic E-state index is -0.637. The normalized spacial score (nSPS) is 12.1. The molecule has 7 heteroatoms. The third-order valence-corrected chi connectivity index (χ3v) is 3.52. The van der Waals surface area contributed by atoms with Crippen molar-refractivity contribution >= 4 is 22.8 Å². The minimum absolute atomic E-state index is 0.153. The van der Waals surface area contributed by atoms with Crippen molar-refractivity contribution in [2.75, 3.05) is 7.05 Å². The maximum Gasteiger partial charge on any atom is 0.287 e. The molecule has 0 fully saturated rings. The molecular weight excluding hydrogens is 296 g/mol. The Labute approximate surface area is 132 Å². The van der Waals surface area contributed by atoms with Crippen LogP contribution in [0.1, 0.15) is 17.5 Å². The number of amides is 2. The standard InChI is InChI=1S/C16H16N4O3/c1-9(15(21)17-2)20-16(22)14-6-5-13(23-14)10-3-4-11-12(7-10)19-8-18-11/h3-9H,1-2H3,(H,17,21)(H,18,19)(H,20,22).